The van der Waals surface area contributed by atoms with Crippen LogP contribution >= 0.6 is 23.8 Å². The van der Waals surface area contributed by atoms with Crippen LogP contribution in [0.1, 0.15) is 21.5 Å². The fourth-order valence-corrected chi connectivity index (χ4v) is 2.16. The summed E-state index contributed by atoms with van der Waals surface area (Å²) < 4.78 is 0. The molecule has 2 rings (SSSR count). The highest BCUT2D eigenvalue weighted by atomic mass is 35.5. The van der Waals surface area contributed by atoms with Gasteiger partial charge in [-0.2, -0.15) is 0 Å². The van der Waals surface area contributed by atoms with Gasteiger partial charge in [0, 0.05) is 5.56 Å². The highest BCUT2D eigenvalue weighted by molar-refractivity contribution is 7.80. The first-order valence-electron chi connectivity index (χ1n) is 6.41. The second-order valence-corrected chi connectivity index (χ2v) is 5.50. The van der Waals surface area contributed by atoms with Gasteiger partial charge in [0.15, 0.2) is 5.11 Å². The Kier molecular flexibility index (Phi) is 4.94. The summed E-state index contributed by atoms with van der Waals surface area (Å²) in [5, 5.41) is 6.30. The fourth-order valence-electron chi connectivity index (χ4n) is 1.77. The van der Waals surface area contributed by atoms with E-state index in [-0.39, 0.29) is 11.0 Å². The van der Waals surface area contributed by atoms with E-state index in [4.69, 9.17) is 23.8 Å². The second-order valence-electron chi connectivity index (χ2n) is 4.69. The molecule has 0 heterocycles. The number of para-hydroxylation sites is 1. The van der Waals surface area contributed by atoms with Gasteiger partial charge in [-0.05, 0) is 61.5 Å². The number of nitrogens with one attached hydrogen (secondary N) is 2. The van der Waals surface area contributed by atoms with Crippen molar-refractivity contribution in [3.63, 3.8) is 0 Å². The number of anilines is 1. The number of halogens is 1. The molecule has 2 N–H and O–H groups in total. The maximum absolute atomic E-state index is 12.1. The quantitative estimate of drug-likeness (QED) is 0.820. The van der Waals surface area contributed by atoms with Crippen LogP contribution in [0.2, 0.25) is 5.02 Å². The van der Waals surface area contributed by atoms with E-state index in [0.717, 1.165) is 11.1 Å². The molecule has 0 aliphatic heterocycles. The minimum Gasteiger partial charge on any atom is -0.331 e. The third-order valence-corrected chi connectivity index (χ3v) is 3.65. The lowest BCUT2D eigenvalue weighted by atomic mass is 10.1. The molecule has 0 radical (unpaired) electrons. The number of rotatable bonds is 2. The topological polar surface area (TPSA) is 41.1 Å². The zero-order valence-electron chi connectivity index (χ0n) is 11.7. The molecule has 21 heavy (non-hydrogen) atoms. The number of hydrogen-bond donors (Lipinski definition) is 2. The van der Waals surface area contributed by atoms with E-state index in [1.165, 1.54) is 0 Å². The molecule has 0 fully saturated rings. The van der Waals surface area contributed by atoms with E-state index in [9.17, 15) is 4.79 Å². The van der Waals surface area contributed by atoms with Gasteiger partial charge >= 0.3 is 0 Å². The van der Waals surface area contributed by atoms with Crippen LogP contribution in [0.5, 0.6) is 0 Å². The Morgan fingerprint density at radius 1 is 1.10 bits per heavy atom. The minimum atomic E-state index is -0.248. The van der Waals surface area contributed by atoms with Crippen molar-refractivity contribution in [3.8, 4) is 0 Å². The van der Waals surface area contributed by atoms with Gasteiger partial charge in [-0.3, -0.25) is 10.1 Å². The number of benzene rings is 2. The lowest BCUT2D eigenvalue weighted by molar-refractivity contribution is 0.0977. The minimum absolute atomic E-state index is 0.214. The number of hydrogen-bond acceptors (Lipinski definition) is 2. The van der Waals surface area contributed by atoms with Crippen LogP contribution in [-0.2, 0) is 0 Å². The summed E-state index contributed by atoms with van der Waals surface area (Å²) in [5.41, 5.74) is 3.43. The van der Waals surface area contributed by atoms with E-state index in [1.807, 2.05) is 38.1 Å². The predicted octanol–water partition coefficient (Wildman–Crippen LogP) is 4.08. The third kappa shape index (κ3) is 4.03. The Morgan fingerprint density at radius 3 is 2.48 bits per heavy atom. The van der Waals surface area contributed by atoms with Crippen LogP contribution in [-0.4, -0.2) is 11.0 Å². The smallest absolute Gasteiger partial charge is 0.257 e. The molecule has 5 heteroatoms. The summed E-state index contributed by atoms with van der Waals surface area (Å²) in [4.78, 5) is 12.1. The van der Waals surface area contributed by atoms with Crippen molar-refractivity contribution in [2.75, 3.05) is 5.32 Å². The van der Waals surface area contributed by atoms with Crippen molar-refractivity contribution in [2.45, 2.75) is 13.8 Å². The summed E-state index contributed by atoms with van der Waals surface area (Å²) in [5.74, 6) is -0.248. The average molecular weight is 319 g/mol. The molecule has 0 spiro atoms. The Hall–Kier alpha value is -1.91. The molecule has 0 saturated carbocycles. The summed E-state index contributed by atoms with van der Waals surface area (Å²) in [7, 11) is 0. The molecule has 0 atom stereocenters. The van der Waals surface area contributed by atoms with Gasteiger partial charge in [0.05, 0.1) is 10.7 Å². The molecular weight excluding hydrogens is 304 g/mol. The SMILES string of the molecule is Cc1ccc(C(=O)NC(=S)Nc2ccccc2Cl)cc1C. The molecule has 2 aromatic rings. The van der Waals surface area contributed by atoms with Gasteiger partial charge in [0.1, 0.15) is 0 Å². The van der Waals surface area contributed by atoms with E-state index in [2.05, 4.69) is 10.6 Å². The summed E-state index contributed by atoms with van der Waals surface area (Å²) in [6.45, 7) is 3.97. The van der Waals surface area contributed by atoms with Crippen LogP contribution in [0, 0.1) is 13.8 Å². The summed E-state index contributed by atoms with van der Waals surface area (Å²) in [6.07, 6.45) is 0. The van der Waals surface area contributed by atoms with Crippen molar-refractivity contribution in [1.82, 2.24) is 5.32 Å². The predicted molar refractivity (Wildman–Crippen MR) is 91.1 cm³/mol. The van der Waals surface area contributed by atoms with Gasteiger partial charge < -0.3 is 5.32 Å². The Labute approximate surface area is 134 Å². The van der Waals surface area contributed by atoms with Crippen molar-refractivity contribution in [1.29, 1.82) is 0 Å². The lowest BCUT2D eigenvalue weighted by Crippen LogP contribution is -2.34. The molecule has 2 aromatic carbocycles. The third-order valence-electron chi connectivity index (χ3n) is 3.12. The molecule has 0 unspecified atom stereocenters. The molecule has 0 aromatic heterocycles. The zero-order chi connectivity index (χ0) is 15.4. The molecular formula is C16H15ClN2OS. The second kappa shape index (κ2) is 6.70. The maximum Gasteiger partial charge on any atom is 0.257 e. The molecule has 3 nitrogen and oxygen atoms in total. The highest BCUT2D eigenvalue weighted by Crippen LogP contribution is 2.20. The van der Waals surface area contributed by atoms with Crippen molar-refractivity contribution < 1.29 is 4.79 Å². The van der Waals surface area contributed by atoms with Crippen molar-refractivity contribution in [3.05, 3.63) is 64.2 Å². The Balaban J connectivity index is 2.04. The van der Waals surface area contributed by atoms with Crippen LogP contribution < -0.4 is 10.6 Å². The largest absolute Gasteiger partial charge is 0.331 e. The van der Waals surface area contributed by atoms with Crippen molar-refractivity contribution in [2.24, 2.45) is 0 Å². The van der Waals surface area contributed by atoms with Gasteiger partial charge in [-0.1, -0.05) is 29.8 Å². The standard InChI is InChI=1S/C16H15ClN2OS/c1-10-7-8-12(9-11(10)2)15(20)19-16(21)18-14-6-4-3-5-13(14)17/h3-9H,1-2H3,(H2,18,19,20,21). The van der Waals surface area contributed by atoms with E-state index in [0.29, 0.717) is 16.3 Å². The Bertz CT molecular complexity index is 700. The highest BCUT2D eigenvalue weighted by Gasteiger charge is 2.09. The summed E-state index contributed by atoms with van der Waals surface area (Å²) >= 11 is 11.2. The monoisotopic (exact) mass is 318 g/mol. The number of amides is 1. The first kappa shape index (κ1) is 15.5. The molecule has 0 bridgehead atoms. The van der Waals surface area contributed by atoms with Gasteiger partial charge in [-0.15, -0.1) is 0 Å². The normalized spacial score (nSPS) is 10.0. The average Bonchev–Trinajstić information content (AvgIpc) is 2.44. The van der Waals surface area contributed by atoms with E-state index in [1.54, 1.807) is 18.2 Å². The van der Waals surface area contributed by atoms with E-state index < -0.39 is 0 Å². The van der Waals surface area contributed by atoms with Crippen LogP contribution in [0.3, 0.4) is 0 Å². The lowest BCUT2D eigenvalue weighted by Gasteiger charge is -2.11. The molecule has 1 amide bonds. The number of carbonyl (C=O) groups excluding carboxylic acids is 1. The first-order chi connectivity index (χ1) is 9.97. The molecule has 0 aliphatic rings. The first-order valence-corrected chi connectivity index (χ1v) is 7.20. The molecule has 0 aliphatic carbocycles. The van der Waals surface area contributed by atoms with Crippen LogP contribution in [0.25, 0.3) is 0 Å². The number of aryl methyl sites for hydroxylation is 2. The Morgan fingerprint density at radius 2 is 1.81 bits per heavy atom. The number of thiocarbonyl (C=S) groups is 1. The molecule has 108 valence electrons. The van der Waals surface area contributed by atoms with Gasteiger partial charge in [0.25, 0.3) is 5.91 Å². The maximum atomic E-state index is 12.1. The summed E-state index contributed by atoms with van der Waals surface area (Å²) in [6, 6.07) is 12.7. The molecule has 0 saturated heterocycles. The van der Waals surface area contributed by atoms with Crippen LogP contribution in [0.4, 0.5) is 5.69 Å². The van der Waals surface area contributed by atoms with E-state index >= 15 is 0 Å². The van der Waals surface area contributed by atoms with Crippen LogP contribution in [0.15, 0.2) is 42.5 Å². The van der Waals surface area contributed by atoms with Gasteiger partial charge in [0.2, 0.25) is 0 Å². The van der Waals surface area contributed by atoms with Crippen molar-refractivity contribution >= 4 is 40.5 Å². The number of carbonyl (C=O) groups is 1. The zero-order valence-corrected chi connectivity index (χ0v) is 13.3. The van der Waals surface area contributed by atoms with Gasteiger partial charge in [-0.25, -0.2) is 0 Å². The fraction of sp³-hybridized carbons (Fsp3) is 0.125.